The molecule has 3 nitrogen and oxygen atoms in total. The minimum Gasteiger partial charge on any atom is -0.261 e. The second kappa shape index (κ2) is 4.64. The van der Waals surface area contributed by atoms with Crippen molar-refractivity contribution in [3.8, 4) is 11.4 Å². The van der Waals surface area contributed by atoms with Gasteiger partial charge in [-0.15, -0.1) is 0 Å². The van der Waals surface area contributed by atoms with Crippen molar-refractivity contribution in [1.29, 1.82) is 0 Å². The van der Waals surface area contributed by atoms with Crippen molar-refractivity contribution in [1.82, 2.24) is 15.0 Å². The van der Waals surface area contributed by atoms with Gasteiger partial charge in [0.25, 0.3) is 0 Å². The van der Waals surface area contributed by atoms with E-state index in [2.05, 4.69) is 21.9 Å². The topological polar surface area (TPSA) is 38.7 Å². The number of aryl methyl sites for hydroxylation is 1. The van der Waals surface area contributed by atoms with Gasteiger partial charge >= 0.3 is 0 Å². The highest BCUT2D eigenvalue weighted by molar-refractivity contribution is 5.52. The summed E-state index contributed by atoms with van der Waals surface area (Å²) in [6.45, 7) is 2.15. The molecule has 0 saturated carbocycles. The van der Waals surface area contributed by atoms with Gasteiger partial charge in [-0.05, 0) is 24.6 Å². The van der Waals surface area contributed by atoms with E-state index in [0.29, 0.717) is 0 Å². The van der Waals surface area contributed by atoms with E-state index in [-0.39, 0.29) is 0 Å². The van der Waals surface area contributed by atoms with Crippen LogP contribution in [0, 0.1) is 0 Å². The van der Waals surface area contributed by atoms with Crippen molar-refractivity contribution < 1.29 is 0 Å². The Balaban J connectivity index is 2.24. The molecule has 0 fully saturated rings. The van der Waals surface area contributed by atoms with Crippen LogP contribution in [0.2, 0.25) is 0 Å². The highest BCUT2D eigenvalue weighted by atomic mass is 14.9. The highest BCUT2D eigenvalue weighted by Crippen LogP contribution is 2.12. The van der Waals surface area contributed by atoms with E-state index >= 15 is 0 Å². The molecule has 3 heteroatoms. The molecule has 0 amide bonds. The van der Waals surface area contributed by atoms with Gasteiger partial charge in [-0.3, -0.25) is 4.98 Å². The molecular weight excluding hydrogens is 186 g/mol. The van der Waals surface area contributed by atoms with Gasteiger partial charge in [-0.2, -0.15) is 0 Å². The minimum atomic E-state index is 0.730. The molecule has 0 unspecified atom stereocenters. The van der Waals surface area contributed by atoms with E-state index in [0.717, 1.165) is 29.9 Å². The van der Waals surface area contributed by atoms with Crippen molar-refractivity contribution in [2.75, 3.05) is 0 Å². The Kier molecular flexibility index (Phi) is 3.02. The average molecular weight is 199 g/mol. The normalized spacial score (nSPS) is 10.2. The molecule has 0 aliphatic heterocycles. The maximum Gasteiger partial charge on any atom is 0.160 e. The molecule has 2 rings (SSSR count). The lowest BCUT2D eigenvalue weighted by Crippen LogP contribution is -1.91. The fourth-order valence-electron chi connectivity index (χ4n) is 1.41. The van der Waals surface area contributed by atoms with Gasteiger partial charge in [0, 0.05) is 29.8 Å². The molecular formula is C12H13N3. The fraction of sp³-hybridized carbons (Fsp3) is 0.250. The molecule has 2 heterocycles. The number of rotatable bonds is 3. The van der Waals surface area contributed by atoms with Crippen LogP contribution in [-0.4, -0.2) is 15.0 Å². The second-order valence-corrected chi connectivity index (χ2v) is 3.36. The summed E-state index contributed by atoms with van der Waals surface area (Å²) in [6, 6.07) is 5.87. The van der Waals surface area contributed by atoms with Crippen molar-refractivity contribution in [3.05, 3.63) is 42.5 Å². The Morgan fingerprint density at radius 1 is 1.07 bits per heavy atom. The van der Waals surface area contributed by atoms with Crippen molar-refractivity contribution in [3.63, 3.8) is 0 Å². The first-order valence-electron chi connectivity index (χ1n) is 5.12. The first kappa shape index (κ1) is 9.77. The number of aromatic nitrogens is 3. The van der Waals surface area contributed by atoms with E-state index in [1.807, 2.05) is 24.4 Å². The summed E-state index contributed by atoms with van der Waals surface area (Å²) in [4.78, 5) is 12.7. The maximum atomic E-state index is 4.36. The molecule has 0 saturated heterocycles. The Labute approximate surface area is 89.2 Å². The monoisotopic (exact) mass is 199 g/mol. The van der Waals surface area contributed by atoms with Crippen LogP contribution in [0.3, 0.4) is 0 Å². The lowest BCUT2D eigenvalue weighted by atomic mass is 10.2. The number of nitrogens with zero attached hydrogens (tertiary/aromatic N) is 3. The number of pyridine rings is 1. The molecule has 76 valence electrons. The van der Waals surface area contributed by atoms with Gasteiger partial charge in [0.1, 0.15) is 0 Å². The summed E-state index contributed by atoms with van der Waals surface area (Å²) in [5.74, 6) is 0.730. The van der Waals surface area contributed by atoms with Crippen molar-refractivity contribution in [2.24, 2.45) is 0 Å². The zero-order chi connectivity index (χ0) is 10.5. The quantitative estimate of drug-likeness (QED) is 0.762. The molecule has 0 aliphatic carbocycles. The van der Waals surface area contributed by atoms with E-state index in [1.165, 1.54) is 0 Å². The molecule has 0 aromatic carbocycles. The molecule has 0 bridgehead atoms. The van der Waals surface area contributed by atoms with Gasteiger partial charge in [0.15, 0.2) is 5.82 Å². The highest BCUT2D eigenvalue weighted by Gasteiger charge is 2.00. The average Bonchev–Trinajstić information content (AvgIpc) is 2.32. The molecule has 0 radical (unpaired) electrons. The van der Waals surface area contributed by atoms with Crippen molar-refractivity contribution in [2.45, 2.75) is 19.8 Å². The van der Waals surface area contributed by atoms with E-state index in [9.17, 15) is 0 Å². The summed E-state index contributed by atoms with van der Waals surface area (Å²) in [6.07, 6.45) is 7.45. The Morgan fingerprint density at radius 2 is 1.87 bits per heavy atom. The standard InChI is InChI=1S/C12H13N3/c1-2-4-11-6-5-10(9-15-11)12-13-7-3-8-14-12/h3,5-9H,2,4H2,1H3. The predicted octanol–water partition coefficient (Wildman–Crippen LogP) is 2.49. The summed E-state index contributed by atoms with van der Waals surface area (Å²) in [5.41, 5.74) is 2.09. The van der Waals surface area contributed by atoms with Gasteiger partial charge in [0.05, 0.1) is 0 Å². The fourth-order valence-corrected chi connectivity index (χ4v) is 1.41. The zero-order valence-electron chi connectivity index (χ0n) is 8.72. The molecule has 0 atom stereocenters. The van der Waals surface area contributed by atoms with Gasteiger partial charge in [-0.25, -0.2) is 9.97 Å². The van der Waals surface area contributed by atoms with Crippen LogP contribution in [0.1, 0.15) is 19.0 Å². The van der Waals surface area contributed by atoms with E-state index in [4.69, 9.17) is 0 Å². The second-order valence-electron chi connectivity index (χ2n) is 3.36. The lowest BCUT2D eigenvalue weighted by molar-refractivity contribution is 0.882. The summed E-state index contributed by atoms with van der Waals surface area (Å²) < 4.78 is 0. The third-order valence-corrected chi connectivity index (χ3v) is 2.15. The molecule has 0 N–H and O–H groups in total. The smallest absolute Gasteiger partial charge is 0.160 e. The van der Waals surface area contributed by atoms with Crippen LogP contribution in [0.4, 0.5) is 0 Å². The van der Waals surface area contributed by atoms with Crippen LogP contribution in [0.15, 0.2) is 36.8 Å². The Bertz CT molecular complexity index is 409. The Hall–Kier alpha value is -1.77. The molecule has 2 aromatic heterocycles. The maximum absolute atomic E-state index is 4.36. The van der Waals surface area contributed by atoms with Gasteiger partial charge in [-0.1, -0.05) is 13.3 Å². The molecule has 15 heavy (non-hydrogen) atoms. The van der Waals surface area contributed by atoms with Gasteiger partial charge < -0.3 is 0 Å². The van der Waals surface area contributed by atoms with Crippen LogP contribution >= 0.6 is 0 Å². The van der Waals surface area contributed by atoms with Crippen LogP contribution in [0.5, 0.6) is 0 Å². The van der Waals surface area contributed by atoms with E-state index in [1.54, 1.807) is 12.4 Å². The zero-order valence-corrected chi connectivity index (χ0v) is 8.72. The van der Waals surface area contributed by atoms with Gasteiger partial charge in [0.2, 0.25) is 0 Å². The molecule has 0 spiro atoms. The summed E-state index contributed by atoms with van der Waals surface area (Å²) in [5, 5.41) is 0. The first-order valence-corrected chi connectivity index (χ1v) is 5.12. The van der Waals surface area contributed by atoms with Crippen LogP contribution in [0.25, 0.3) is 11.4 Å². The summed E-state index contributed by atoms with van der Waals surface area (Å²) >= 11 is 0. The van der Waals surface area contributed by atoms with E-state index < -0.39 is 0 Å². The van der Waals surface area contributed by atoms with Crippen LogP contribution in [-0.2, 0) is 6.42 Å². The third-order valence-electron chi connectivity index (χ3n) is 2.15. The summed E-state index contributed by atoms with van der Waals surface area (Å²) in [7, 11) is 0. The predicted molar refractivity (Wildman–Crippen MR) is 59.3 cm³/mol. The molecule has 2 aromatic rings. The lowest BCUT2D eigenvalue weighted by Gasteiger charge is -2.00. The SMILES string of the molecule is CCCc1ccc(-c2ncccn2)cn1. The number of hydrogen-bond acceptors (Lipinski definition) is 3. The number of hydrogen-bond donors (Lipinski definition) is 0. The van der Waals surface area contributed by atoms with Crippen molar-refractivity contribution >= 4 is 0 Å². The van der Waals surface area contributed by atoms with Crippen LogP contribution < -0.4 is 0 Å². The largest absolute Gasteiger partial charge is 0.261 e. The molecule has 0 aliphatic rings. The Morgan fingerprint density at radius 3 is 2.47 bits per heavy atom. The minimum absolute atomic E-state index is 0.730. The third kappa shape index (κ3) is 2.37. The first-order chi connectivity index (χ1) is 7.40.